The number of amides is 1. The lowest BCUT2D eigenvalue weighted by Crippen LogP contribution is -2.41. The molecule has 6 nitrogen and oxygen atoms in total. The van der Waals surface area contributed by atoms with E-state index < -0.39 is 10.0 Å². The average molecular weight is 370 g/mol. The zero-order chi connectivity index (χ0) is 18.9. The molecule has 0 fully saturated rings. The van der Waals surface area contributed by atoms with Gasteiger partial charge in [0.15, 0.2) is 0 Å². The number of unbranched alkanes of at least 4 members (excludes halogenated alkanes) is 2. The molecule has 0 saturated heterocycles. The molecular weight excluding hydrogens is 338 g/mol. The molecule has 0 saturated carbocycles. The number of nitrogens with zero attached hydrogens (tertiary/aromatic N) is 1. The van der Waals surface area contributed by atoms with Crippen LogP contribution in [0.15, 0.2) is 29.2 Å². The largest absolute Gasteiger partial charge is 0.342 e. The summed E-state index contributed by atoms with van der Waals surface area (Å²) in [5.74, 6) is -0.285. The van der Waals surface area contributed by atoms with Crippen LogP contribution in [0.2, 0.25) is 0 Å². The van der Waals surface area contributed by atoms with E-state index >= 15 is 0 Å². The number of hydrogen-bond acceptors (Lipinski definition) is 4. The van der Waals surface area contributed by atoms with Crippen molar-refractivity contribution in [2.75, 3.05) is 20.1 Å². The highest BCUT2D eigenvalue weighted by Crippen LogP contribution is 2.18. The van der Waals surface area contributed by atoms with E-state index in [2.05, 4.69) is 4.72 Å². The second-order valence-electron chi connectivity index (χ2n) is 6.27. The van der Waals surface area contributed by atoms with Gasteiger partial charge in [0.05, 0.1) is 10.5 Å². The summed E-state index contributed by atoms with van der Waals surface area (Å²) >= 11 is 0. The summed E-state index contributed by atoms with van der Waals surface area (Å²) in [5, 5.41) is 0. The first-order valence-electron chi connectivity index (χ1n) is 8.94. The van der Waals surface area contributed by atoms with Crippen LogP contribution in [0, 0.1) is 0 Å². The molecule has 1 aromatic rings. The Bertz CT molecular complexity index is 647. The van der Waals surface area contributed by atoms with E-state index in [1.807, 2.05) is 13.8 Å². The van der Waals surface area contributed by atoms with Crippen LogP contribution < -0.4 is 10.5 Å². The minimum Gasteiger partial charge on any atom is -0.342 e. The summed E-state index contributed by atoms with van der Waals surface area (Å²) in [7, 11) is -2.12. The SMILES string of the molecule is CCCCC(CN)NS(=O)(=O)c1ccccc1C(=O)N(C)CCCC. The molecule has 1 amide bonds. The fourth-order valence-corrected chi connectivity index (χ4v) is 4.02. The fraction of sp³-hybridized carbons (Fsp3) is 0.611. The Morgan fingerprint density at radius 1 is 1.20 bits per heavy atom. The van der Waals surface area contributed by atoms with Gasteiger partial charge in [-0.25, -0.2) is 13.1 Å². The first-order valence-corrected chi connectivity index (χ1v) is 10.4. The number of carbonyl (C=O) groups excluding carboxylic acids is 1. The van der Waals surface area contributed by atoms with Crippen LogP contribution in [0.4, 0.5) is 0 Å². The van der Waals surface area contributed by atoms with Gasteiger partial charge in [-0.2, -0.15) is 0 Å². The van der Waals surface area contributed by atoms with E-state index in [-0.39, 0.29) is 29.0 Å². The van der Waals surface area contributed by atoms with Crippen molar-refractivity contribution in [3.63, 3.8) is 0 Å². The molecule has 0 radical (unpaired) electrons. The van der Waals surface area contributed by atoms with Crippen molar-refractivity contribution in [2.24, 2.45) is 5.73 Å². The molecule has 0 spiro atoms. The van der Waals surface area contributed by atoms with Crippen LogP contribution in [-0.4, -0.2) is 45.4 Å². The predicted octanol–water partition coefficient (Wildman–Crippen LogP) is 2.35. The van der Waals surface area contributed by atoms with E-state index in [9.17, 15) is 13.2 Å². The summed E-state index contributed by atoms with van der Waals surface area (Å²) < 4.78 is 28.2. The van der Waals surface area contributed by atoms with Crippen LogP contribution in [0.1, 0.15) is 56.3 Å². The van der Waals surface area contributed by atoms with Gasteiger partial charge < -0.3 is 10.6 Å². The smallest absolute Gasteiger partial charge is 0.254 e. The number of hydrogen-bond donors (Lipinski definition) is 2. The number of nitrogens with two attached hydrogens (primary N) is 1. The summed E-state index contributed by atoms with van der Waals surface area (Å²) in [4.78, 5) is 14.2. The third-order valence-corrected chi connectivity index (χ3v) is 5.69. The van der Waals surface area contributed by atoms with Crippen LogP contribution in [-0.2, 0) is 10.0 Å². The molecule has 0 aliphatic rings. The molecule has 0 bridgehead atoms. The minimum absolute atomic E-state index is 0.0123. The quantitative estimate of drug-likeness (QED) is 0.626. The highest BCUT2D eigenvalue weighted by atomic mass is 32.2. The van der Waals surface area contributed by atoms with Crippen LogP contribution in [0.25, 0.3) is 0 Å². The lowest BCUT2D eigenvalue weighted by molar-refractivity contribution is 0.0789. The Kier molecular flexibility index (Phi) is 9.10. The summed E-state index contributed by atoms with van der Waals surface area (Å²) in [6.45, 7) is 4.91. The number of rotatable bonds is 11. The second kappa shape index (κ2) is 10.5. The lowest BCUT2D eigenvalue weighted by atomic mass is 10.1. The lowest BCUT2D eigenvalue weighted by Gasteiger charge is -2.21. The molecule has 0 aliphatic heterocycles. The first-order chi connectivity index (χ1) is 11.9. The van der Waals surface area contributed by atoms with Crippen LogP contribution >= 0.6 is 0 Å². The van der Waals surface area contributed by atoms with E-state index in [1.165, 1.54) is 6.07 Å². The van der Waals surface area contributed by atoms with Gasteiger partial charge in [0, 0.05) is 26.2 Å². The molecule has 0 heterocycles. The molecule has 1 unspecified atom stereocenters. The fourth-order valence-electron chi connectivity index (χ4n) is 2.54. The monoisotopic (exact) mass is 369 g/mol. The molecule has 142 valence electrons. The molecule has 3 N–H and O–H groups in total. The van der Waals surface area contributed by atoms with Crippen molar-refractivity contribution < 1.29 is 13.2 Å². The number of nitrogens with one attached hydrogen (secondary N) is 1. The molecule has 1 atom stereocenters. The molecule has 7 heteroatoms. The third kappa shape index (κ3) is 6.41. The van der Waals surface area contributed by atoms with Crippen molar-refractivity contribution in [3.8, 4) is 0 Å². The molecule has 25 heavy (non-hydrogen) atoms. The highest BCUT2D eigenvalue weighted by molar-refractivity contribution is 7.89. The Morgan fingerprint density at radius 2 is 1.84 bits per heavy atom. The maximum absolute atomic E-state index is 12.8. The van der Waals surface area contributed by atoms with Gasteiger partial charge in [0.25, 0.3) is 5.91 Å². The Morgan fingerprint density at radius 3 is 2.44 bits per heavy atom. The van der Waals surface area contributed by atoms with E-state index in [4.69, 9.17) is 5.73 Å². The Hall–Kier alpha value is -1.44. The van der Waals surface area contributed by atoms with Crippen molar-refractivity contribution in [3.05, 3.63) is 29.8 Å². The molecule has 0 aromatic heterocycles. The Balaban J connectivity index is 3.06. The first kappa shape index (κ1) is 21.6. The standard InChI is InChI=1S/C18H31N3O3S/c1-4-6-10-15(14-19)20-25(23,24)17-12-9-8-11-16(17)18(22)21(3)13-7-5-2/h8-9,11-12,15,20H,4-7,10,13-14,19H2,1-3H3. The summed E-state index contributed by atoms with van der Waals surface area (Å²) in [6, 6.07) is 6.00. The highest BCUT2D eigenvalue weighted by Gasteiger charge is 2.25. The van der Waals surface area contributed by atoms with Crippen molar-refractivity contribution in [1.82, 2.24) is 9.62 Å². The van der Waals surface area contributed by atoms with Crippen LogP contribution in [0.3, 0.4) is 0 Å². The number of benzene rings is 1. The van der Waals surface area contributed by atoms with Crippen molar-refractivity contribution in [2.45, 2.75) is 56.9 Å². The van der Waals surface area contributed by atoms with Crippen molar-refractivity contribution >= 4 is 15.9 Å². The van der Waals surface area contributed by atoms with E-state index in [0.29, 0.717) is 13.0 Å². The van der Waals surface area contributed by atoms with Crippen LogP contribution in [0.5, 0.6) is 0 Å². The normalized spacial score (nSPS) is 12.8. The van der Waals surface area contributed by atoms with Gasteiger partial charge >= 0.3 is 0 Å². The number of sulfonamides is 1. The minimum atomic E-state index is -3.81. The zero-order valence-electron chi connectivity index (χ0n) is 15.5. The third-order valence-electron chi connectivity index (χ3n) is 4.11. The van der Waals surface area contributed by atoms with E-state index in [1.54, 1.807) is 30.1 Å². The average Bonchev–Trinajstić information content (AvgIpc) is 2.62. The van der Waals surface area contributed by atoms with Gasteiger partial charge in [-0.1, -0.05) is 45.2 Å². The van der Waals surface area contributed by atoms with E-state index in [0.717, 1.165) is 25.7 Å². The number of carbonyl (C=O) groups is 1. The molecular formula is C18H31N3O3S. The molecule has 1 aromatic carbocycles. The zero-order valence-corrected chi connectivity index (χ0v) is 16.3. The van der Waals surface area contributed by atoms with Crippen molar-refractivity contribution in [1.29, 1.82) is 0 Å². The maximum atomic E-state index is 12.8. The Labute approximate surface area is 151 Å². The predicted molar refractivity (Wildman–Crippen MR) is 101 cm³/mol. The summed E-state index contributed by atoms with van der Waals surface area (Å²) in [6.07, 6.45) is 4.38. The topological polar surface area (TPSA) is 92.5 Å². The van der Waals surface area contributed by atoms with Gasteiger partial charge in [-0.15, -0.1) is 0 Å². The van der Waals surface area contributed by atoms with Gasteiger partial charge in [-0.05, 0) is 25.0 Å². The van der Waals surface area contributed by atoms with Gasteiger partial charge in [-0.3, -0.25) is 4.79 Å². The maximum Gasteiger partial charge on any atom is 0.254 e. The van der Waals surface area contributed by atoms with Gasteiger partial charge in [0.2, 0.25) is 10.0 Å². The van der Waals surface area contributed by atoms with Gasteiger partial charge in [0.1, 0.15) is 0 Å². The molecule has 0 aliphatic carbocycles. The second-order valence-corrected chi connectivity index (χ2v) is 7.95. The summed E-state index contributed by atoms with van der Waals surface area (Å²) in [5.41, 5.74) is 5.89. The molecule has 1 rings (SSSR count).